The Morgan fingerprint density at radius 3 is 1.72 bits per heavy atom. The minimum Gasteiger partial charge on any atom is -0.494 e. The lowest BCUT2D eigenvalue weighted by Crippen LogP contribution is -2.15. The number of benzene rings is 6. The lowest BCUT2D eigenvalue weighted by molar-refractivity contribution is 0.358. The second-order valence-corrected chi connectivity index (χ2v) is 17.2. The van der Waals surface area contributed by atoms with Crippen molar-refractivity contribution in [1.82, 2.24) is 19.5 Å². The molecular weight excluding hydrogens is 777 g/mol. The van der Waals surface area contributed by atoms with Crippen LogP contribution >= 0.6 is 0 Å². The molecule has 0 atom stereocenters. The number of methoxy groups -OCH3 is 2. The molecule has 12 nitrogen and oxygen atoms in total. The second-order valence-electron chi connectivity index (χ2n) is 14.4. The van der Waals surface area contributed by atoms with Crippen LogP contribution in [0.2, 0.25) is 0 Å². The Balaban J connectivity index is 1.40. The van der Waals surface area contributed by atoms with Crippen molar-refractivity contribution in [2.75, 3.05) is 14.2 Å². The fraction of sp³-hybridized carbons (Fsp3) is 0.114. The highest BCUT2D eigenvalue weighted by Gasteiger charge is 2.37. The number of nitrogens with zero attached hydrogens (tertiary/aromatic N) is 4. The van der Waals surface area contributed by atoms with E-state index in [2.05, 4.69) is 38.1 Å². The summed E-state index contributed by atoms with van der Waals surface area (Å²) in [5.74, 6) is 0.0900. The zero-order chi connectivity index (χ0) is 40.7. The predicted octanol–water partition coefficient (Wildman–Crippen LogP) is 8.79. The van der Waals surface area contributed by atoms with Crippen LogP contribution in [0.25, 0.3) is 72.8 Å². The van der Waals surface area contributed by atoms with E-state index in [0.29, 0.717) is 34.1 Å². The second kappa shape index (κ2) is 13.3. The first-order valence-corrected chi connectivity index (χ1v) is 20.9. The van der Waals surface area contributed by atoms with Gasteiger partial charge in [-0.1, -0.05) is 105 Å². The number of aromatic nitrogens is 4. The van der Waals surface area contributed by atoms with Gasteiger partial charge < -0.3 is 9.47 Å². The molecule has 0 unspecified atom stereocenters. The third-order valence-corrected chi connectivity index (χ3v) is 12.5. The van der Waals surface area contributed by atoms with Gasteiger partial charge in [0.25, 0.3) is 10.1 Å². The van der Waals surface area contributed by atoms with E-state index in [-0.39, 0.29) is 16.7 Å². The number of hydrogen-bond acceptors (Lipinski definition) is 9. The van der Waals surface area contributed by atoms with Crippen molar-refractivity contribution in [3.05, 3.63) is 132 Å². The van der Waals surface area contributed by atoms with Gasteiger partial charge in [-0.05, 0) is 58.1 Å². The van der Waals surface area contributed by atoms with Gasteiger partial charge >= 0.3 is 10.1 Å². The third-order valence-electron chi connectivity index (χ3n) is 10.8. The van der Waals surface area contributed by atoms with Gasteiger partial charge in [0.15, 0.2) is 28.0 Å². The van der Waals surface area contributed by atoms with Crippen LogP contribution < -0.4 is 9.47 Å². The normalized spacial score (nSPS) is 13.4. The van der Waals surface area contributed by atoms with Crippen molar-refractivity contribution in [3.63, 3.8) is 0 Å². The van der Waals surface area contributed by atoms with Crippen LogP contribution in [0.1, 0.15) is 25.0 Å². The topological polar surface area (TPSA) is 171 Å². The Morgan fingerprint density at radius 1 is 0.552 bits per heavy atom. The summed E-state index contributed by atoms with van der Waals surface area (Å²) in [6.07, 6.45) is 0. The average Bonchev–Trinajstić information content (AvgIpc) is 3.66. The van der Waals surface area contributed by atoms with Crippen molar-refractivity contribution in [3.8, 4) is 62.5 Å². The molecule has 0 saturated carbocycles. The largest absolute Gasteiger partial charge is 0.494 e. The summed E-state index contributed by atoms with van der Waals surface area (Å²) in [6.45, 7) is 4.38. The third kappa shape index (κ3) is 5.83. The Kier molecular flexibility index (Phi) is 8.53. The van der Waals surface area contributed by atoms with E-state index < -0.39 is 35.8 Å². The van der Waals surface area contributed by atoms with Crippen molar-refractivity contribution < 1.29 is 35.4 Å². The quantitative estimate of drug-likeness (QED) is 0.141. The molecule has 2 N–H and O–H groups in total. The van der Waals surface area contributed by atoms with E-state index in [0.717, 1.165) is 51.9 Å². The highest BCUT2D eigenvalue weighted by molar-refractivity contribution is 7.87. The molecule has 0 radical (unpaired) electrons. The SMILES string of the molecule is COc1c(-c2ccc3c(c2)c2cc4c(cc2n3-c2nc(-c3ccccc3)nc(-c3ccccc3)n2)C(C)(C)c2ccccc2-4)cc(S(=O)(=O)O)c(OC)c1S(=O)(=O)O. The van der Waals surface area contributed by atoms with E-state index in [9.17, 15) is 25.9 Å². The van der Waals surface area contributed by atoms with Crippen LogP contribution in [0.5, 0.6) is 11.5 Å². The highest BCUT2D eigenvalue weighted by atomic mass is 32.2. The molecule has 0 saturated heterocycles. The minimum absolute atomic E-state index is 0.0446. The molecule has 1 aliphatic carbocycles. The summed E-state index contributed by atoms with van der Waals surface area (Å²) in [5, 5.41) is 1.48. The van der Waals surface area contributed by atoms with Gasteiger partial charge in [0.2, 0.25) is 5.95 Å². The fourth-order valence-corrected chi connectivity index (χ4v) is 9.74. The van der Waals surface area contributed by atoms with E-state index in [4.69, 9.17) is 24.4 Å². The molecule has 0 spiro atoms. The van der Waals surface area contributed by atoms with E-state index >= 15 is 0 Å². The van der Waals surface area contributed by atoms with Gasteiger partial charge in [-0.3, -0.25) is 13.7 Å². The lowest BCUT2D eigenvalue weighted by atomic mass is 9.82. The van der Waals surface area contributed by atoms with Crippen LogP contribution in [0.4, 0.5) is 0 Å². The molecule has 0 aliphatic heterocycles. The summed E-state index contributed by atoms with van der Waals surface area (Å²) < 4.78 is 84.2. The Hall–Kier alpha value is -6.45. The summed E-state index contributed by atoms with van der Waals surface area (Å²) in [7, 11) is -8.04. The fourth-order valence-electron chi connectivity index (χ4n) is 8.13. The van der Waals surface area contributed by atoms with Gasteiger partial charge in [-0.2, -0.15) is 26.8 Å². The standard InChI is InChI=1S/C44H34N4O8S2/c1-44(2)33-18-12-11-17-28(33)30-22-32-31-21-27(29-23-37(57(49,50)51)39(56-4)40(38(29)55-3)58(52,53)54)19-20-35(31)48(36(32)24-34(30)44)43-46-41(25-13-7-5-8-14-25)45-42(47-43)26-15-9-6-10-16-26/h5-24H,1-4H3,(H,49,50,51)(H,52,53,54). The van der Waals surface area contributed by atoms with Crippen molar-refractivity contribution in [2.24, 2.45) is 0 Å². The van der Waals surface area contributed by atoms with E-state index in [1.165, 1.54) is 12.7 Å². The molecule has 14 heteroatoms. The summed E-state index contributed by atoms with van der Waals surface area (Å²) in [5.41, 5.74) is 7.34. The number of rotatable bonds is 8. The van der Waals surface area contributed by atoms with Crippen LogP contribution in [-0.2, 0) is 25.7 Å². The summed E-state index contributed by atoms with van der Waals surface area (Å²) >= 11 is 0. The van der Waals surface area contributed by atoms with Crippen molar-refractivity contribution >= 4 is 42.0 Å². The lowest BCUT2D eigenvalue weighted by Gasteiger charge is -2.21. The molecule has 1 aliphatic rings. The Bertz CT molecular complexity index is 3160. The van der Waals surface area contributed by atoms with Crippen molar-refractivity contribution in [1.29, 1.82) is 0 Å². The zero-order valence-electron chi connectivity index (χ0n) is 31.5. The molecule has 0 bridgehead atoms. The van der Waals surface area contributed by atoms with E-state index in [1.807, 2.05) is 77.4 Å². The maximum Gasteiger partial charge on any atom is 0.302 e. The van der Waals surface area contributed by atoms with Gasteiger partial charge in [-0.25, -0.2) is 4.98 Å². The average molecular weight is 811 g/mol. The minimum atomic E-state index is -5.16. The summed E-state index contributed by atoms with van der Waals surface area (Å²) in [6, 6.07) is 38.1. The van der Waals surface area contributed by atoms with Gasteiger partial charge in [-0.15, -0.1) is 0 Å². The molecular formula is C44H34N4O8S2. The van der Waals surface area contributed by atoms with Crippen LogP contribution in [-0.4, -0.2) is 59.7 Å². The summed E-state index contributed by atoms with van der Waals surface area (Å²) in [4.78, 5) is 13.2. The first-order valence-electron chi connectivity index (χ1n) is 18.0. The maximum absolute atomic E-state index is 12.8. The first-order chi connectivity index (χ1) is 27.7. The van der Waals surface area contributed by atoms with E-state index in [1.54, 1.807) is 18.2 Å². The Labute approximate surface area is 333 Å². The first kappa shape index (κ1) is 37.1. The molecule has 6 aromatic carbocycles. The van der Waals surface area contributed by atoms with Crippen LogP contribution in [0.15, 0.2) is 131 Å². The van der Waals surface area contributed by atoms with Crippen LogP contribution in [0, 0.1) is 0 Å². The molecule has 2 heterocycles. The molecule has 2 aromatic heterocycles. The zero-order valence-corrected chi connectivity index (χ0v) is 33.1. The maximum atomic E-state index is 12.8. The molecule has 0 fully saturated rings. The van der Waals surface area contributed by atoms with Crippen molar-refractivity contribution in [2.45, 2.75) is 29.1 Å². The van der Waals surface area contributed by atoms with Crippen LogP contribution in [0.3, 0.4) is 0 Å². The number of ether oxygens (including phenoxy) is 2. The molecule has 8 aromatic rings. The molecule has 9 rings (SSSR count). The smallest absolute Gasteiger partial charge is 0.302 e. The van der Waals surface area contributed by atoms with Gasteiger partial charge in [0, 0.05) is 32.9 Å². The predicted molar refractivity (Wildman–Crippen MR) is 221 cm³/mol. The monoisotopic (exact) mass is 810 g/mol. The highest BCUT2D eigenvalue weighted by Crippen LogP contribution is 2.52. The molecule has 290 valence electrons. The van der Waals surface area contributed by atoms with Gasteiger partial charge in [0.05, 0.1) is 25.3 Å². The number of hydrogen-bond donors (Lipinski definition) is 2. The number of fused-ring (bicyclic) bond motifs is 6. The van der Waals surface area contributed by atoms with Gasteiger partial charge in [0.1, 0.15) is 4.90 Å². The Morgan fingerprint density at radius 2 is 1.14 bits per heavy atom. The molecule has 0 amide bonds. The molecule has 58 heavy (non-hydrogen) atoms.